The molecular formula is C22H30O2. The number of allylic oxidation sites excluding steroid dienone is 1. The Bertz CT molecular complexity index is 677. The second-order valence-corrected chi connectivity index (χ2v) is 8.58. The molecule has 24 heavy (non-hydrogen) atoms. The van der Waals surface area contributed by atoms with Gasteiger partial charge in [-0.25, -0.2) is 0 Å². The molecule has 0 unspecified atom stereocenters. The van der Waals surface area contributed by atoms with E-state index >= 15 is 0 Å². The first-order valence-corrected chi connectivity index (χ1v) is 9.67. The third kappa shape index (κ3) is 2.19. The van der Waals surface area contributed by atoms with E-state index in [1.165, 1.54) is 29.5 Å². The molecule has 2 N–H and O–H groups in total. The predicted octanol–water partition coefficient (Wildman–Crippen LogP) is 5.03. The molecule has 5 atom stereocenters. The van der Waals surface area contributed by atoms with Gasteiger partial charge in [0.15, 0.2) is 0 Å². The highest BCUT2D eigenvalue weighted by atomic mass is 16.3. The van der Waals surface area contributed by atoms with Crippen molar-refractivity contribution in [2.45, 2.75) is 70.8 Å². The van der Waals surface area contributed by atoms with Gasteiger partial charge in [-0.15, -0.1) is 0 Å². The molecule has 0 amide bonds. The molecule has 3 aliphatic carbocycles. The highest BCUT2D eigenvalue weighted by molar-refractivity contribution is 5.70. The lowest BCUT2D eigenvalue weighted by Crippen LogP contribution is -2.44. The van der Waals surface area contributed by atoms with E-state index < -0.39 is 0 Å². The summed E-state index contributed by atoms with van der Waals surface area (Å²) < 4.78 is 0. The zero-order chi connectivity index (χ0) is 17.1. The molecule has 2 saturated carbocycles. The second-order valence-electron chi connectivity index (χ2n) is 8.58. The summed E-state index contributed by atoms with van der Waals surface area (Å²) in [6.07, 6.45) is 7.50. The van der Waals surface area contributed by atoms with Crippen LogP contribution in [0.4, 0.5) is 0 Å². The van der Waals surface area contributed by atoms with Crippen molar-refractivity contribution in [3.63, 3.8) is 0 Å². The van der Waals surface area contributed by atoms with Gasteiger partial charge in [-0.1, -0.05) is 20.4 Å². The Hall–Kier alpha value is -1.28. The maximum atomic E-state index is 10.5. The summed E-state index contributed by atoms with van der Waals surface area (Å²) in [7, 11) is 0. The van der Waals surface area contributed by atoms with Crippen molar-refractivity contribution >= 4 is 5.57 Å². The van der Waals surface area contributed by atoms with Crippen molar-refractivity contribution < 1.29 is 10.2 Å². The lowest BCUT2D eigenvalue weighted by molar-refractivity contribution is -0.0226. The van der Waals surface area contributed by atoms with E-state index in [9.17, 15) is 10.2 Å². The average Bonchev–Trinajstić information content (AvgIpc) is 2.88. The molecule has 1 aromatic carbocycles. The Morgan fingerprint density at radius 1 is 1.25 bits per heavy atom. The molecule has 1 aromatic rings. The topological polar surface area (TPSA) is 40.5 Å². The monoisotopic (exact) mass is 326 g/mol. The fourth-order valence-electron chi connectivity index (χ4n) is 6.17. The van der Waals surface area contributed by atoms with Gasteiger partial charge < -0.3 is 10.2 Å². The van der Waals surface area contributed by atoms with Crippen molar-refractivity contribution in [2.24, 2.45) is 17.3 Å². The van der Waals surface area contributed by atoms with Crippen LogP contribution in [0, 0.1) is 17.3 Å². The maximum absolute atomic E-state index is 10.5. The van der Waals surface area contributed by atoms with Crippen molar-refractivity contribution in [2.75, 3.05) is 0 Å². The van der Waals surface area contributed by atoms with Crippen LogP contribution in [0.25, 0.3) is 5.57 Å². The number of hydrogen-bond donors (Lipinski definition) is 2. The number of aryl methyl sites for hydroxylation is 1. The van der Waals surface area contributed by atoms with E-state index in [0.717, 1.165) is 37.7 Å². The summed E-state index contributed by atoms with van der Waals surface area (Å²) in [5, 5.41) is 20.7. The number of benzene rings is 1. The molecule has 0 saturated heterocycles. The lowest BCUT2D eigenvalue weighted by atomic mass is 9.55. The van der Waals surface area contributed by atoms with Gasteiger partial charge in [-0.2, -0.15) is 0 Å². The van der Waals surface area contributed by atoms with Crippen LogP contribution in [0.1, 0.15) is 75.0 Å². The van der Waals surface area contributed by atoms with E-state index in [0.29, 0.717) is 23.5 Å². The molecular weight excluding hydrogens is 296 g/mol. The largest absolute Gasteiger partial charge is 0.508 e. The summed E-state index contributed by atoms with van der Waals surface area (Å²) in [6.45, 7) is 8.74. The first-order chi connectivity index (χ1) is 11.5. The number of aliphatic hydroxyl groups excluding tert-OH is 1. The van der Waals surface area contributed by atoms with Crippen LogP contribution in [0.5, 0.6) is 5.75 Å². The molecule has 0 spiro atoms. The number of rotatable bonds is 2. The van der Waals surface area contributed by atoms with E-state index in [4.69, 9.17) is 0 Å². The zero-order valence-corrected chi connectivity index (χ0v) is 15.0. The van der Waals surface area contributed by atoms with Crippen molar-refractivity contribution in [3.05, 3.63) is 35.4 Å². The Kier molecular flexibility index (Phi) is 3.80. The van der Waals surface area contributed by atoms with E-state index in [-0.39, 0.29) is 11.5 Å². The van der Waals surface area contributed by atoms with Gasteiger partial charge in [-0.05, 0) is 103 Å². The normalized spacial score (nSPS) is 37.5. The number of phenols is 1. The van der Waals surface area contributed by atoms with Gasteiger partial charge in [0.1, 0.15) is 5.75 Å². The summed E-state index contributed by atoms with van der Waals surface area (Å²) >= 11 is 0. The van der Waals surface area contributed by atoms with Gasteiger partial charge >= 0.3 is 0 Å². The van der Waals surface area contributed by atoms with Crippen LogP contribution >= 0.6 is 0 Å². The molecule has 0 aromatic heterocycles. The van der Waals surface area contributed by atoms with Gasteiger partial charge in [0, 0.05) is 0 Å². The number of fused-ring (bicyclic) bond motifs is 5. The third-order valence-electron chi connectivity index (χ3n) is 7.56. The first kappa shape index (κ1) is 16.2. The third-order valence-corrected chi connectivity index (χ3v) is 7.56. The van der Waals surface area contributed by atoms with Gasteiger partial charge in [0.05, 0.1) is 6.10 Å². The molecule has 3 aliphatic rings. The van der Waals surface area contributed by atoms with E-state index in [2.05, 4.69) is 20.4 Å². The van der Waals surface area contributed by atoms with Crippen LogP contribution in [-0.2, 0) is 6.42 Å². The smallest absolute Gasteiger partial charge is 0.116 e. The van der Waals surface area contributed by atoms with Crippen LogP contribution in [-0.4, -0.2) is 16.3 Å². The Labute approximate surface area is 145 Å². The fraction of sp³-hybridized carbons (Fsp3) is 0.636. The van der Waals surface area contributed by atoms with Crippen LogP contribution in [0.2, 0.25) is 0 Å². The number of hydrogen-bond acceptors (Lipinski definition) is 2. The predicted molar refractivity (Wildman–Crippen MR) is 98.1 cm³/mol. The quantitative estimate of drug-likeness (QED) is 0.800. The standard InChI is InChI=1S/C22H30O2/c1-4-13(2)18-12-15(23)11-14-5-6-16-17(21(14)18)9-10-22(3)19(16)7-8-20(22)24/h11-12,16-17,19-20,23-24H,2,4-10H2,1,3H3/t16-,17+,19+,20+,22+/m1/s1. The molecule has 0 radical (unpaired) electrons. The molecule has 0 aliphatic heterocycles. The van der Waals surface area contributed by atoms with Crippen LogP contribution in [0.3, 0.4) is 0 Å². The summed E-state index contributed by atoms with van der Waals surface area (Å²) in [4.78, 5) is 0. The van der Waals surface area contributed by atoms with Gasteiger partial charge in [0.2, 0.25) is 0 Å². The lowest BCUT2D eigenvalue weighted by Gasteiger charge is -2.50. The number of phenolic OH excluding ortho intramolecular Hbond substituents is 1. The average molecular weight is 326 g/mol. The minimum absolute atomic E-state index is 0.116. The SMILES string of the molecule is C=C(CC)c1cc(O)cc2c1[C@H]1CC[C@]3(C)[C@@H](O)CC[C@H]3[C@@H]1CC2. The van der Waals surface area contributed by atoms with Gasteiger partial charge in [0.25, 0.3) is 0 Å². The van der Waals surface area contributed by atoms with Crippen molar-refractivity contribution in [3.8, 4) is 5.75 Å². The number of aliphatic hydroxyl groups is 1. The first-order valence-electron chi connectivity index (χ1n) is 9.67. The highest BCUT2D eigenvalue weighted by Crippen LogP contribution is 2.61. The van der Waals surface area contributed by atoms with Crippen LogP contribution < -0.4 is 0 Å². The molecule has 130 valence electrons. The molecule has 2 nitrogen and oxygen atoms in total. The number of aromatic hydroxyl groups is 1. The molecule has 4 rings (SSSR count). The minimum Gasteiger partial charge on any atom is -0.508 e. The summed E-state index contributed by atoms with van der Waals surface area (Å²) in [6, 6.07) is 3.92. The summed E-state index contributed by atoms with van der Waals surface area (Å²) in [5.41, 5.74) is 5.27. The Balaban J connectivity index is 1.78. The maximum Gasteiger partial charge on any atom is 0.116 e. The zero-order valence-electron chi connectivity index (χ0n) is 15.0. The van der Waals surface area contributed by atoms with E-state index in [1.54, 1.807) is 0 Å². The summed E-state index contributed by atoms with van der Waals surface area (Å²) in [5.74, 6) is 2.29. The second kappa shape index (κ2) is 5.62. The molecule has 2 fully saturated rings. The fourth-order valence-corrected chi connectivity index (χ4v) is 6.17. The van der Waals surface area contributed by atoms with Gasteiger partial charge in [-0.3, -0.25) is 0 Å². The van der Waals surface area contributed by atoms with Crippen molar-refractivity contribution in [1.29, 1.82) is 0 Å². The molecule has 0 bridgehead atoms. The minimum atomic E-state index is -0.116. The molecule has 2 heteroatoms. The molecule has 0 heterocycles. The Morgan fingerprint density at radius 3 is 2.79 bits per heavy atom. The highest BCUT2D eigenvalue weighted by Gasteiger charge is 2.54. The van der Waals surface area contributed by atoms with Crippen LogP contribution in [0.15, 0.2) is 18.7 Å². The Morgan fingerprint density at radius 2 is 2.04 bits per heavy atom. The van der Waals surface area contributed by atoms with E-state index in [1.807, 2.05) is 12.1 Å². The van der Waals surface area contributed by atoms with Crippen molar-refractivity contribution in [1.82, 2.24) is 0 Å².